The van der Waals surface area contributed by atoms with Crippen molar-refractivity contribution in [2.24, 2.45) is 0 Å². The second-order valence-electron chi connectivity index (χ2n) is 4.60. The van der Waals surface area contributed by atoms with E-state index in [0.717, 1.165) is 28.4 Å². The summed E-state index contributed by atoms with van der Waals surface area (Å²) in [4.78, 5) is 12.1. The number of benzene rings is 1. The van der Waals surface area contributed by atoms with E-state index in [9.17, 15) is 13.2 Å². The summed E-state index contributed by atoms with van der Waals surface area (Å²) < 4.78 is 27.4. The third-order valence-corrected chi connectivity index (χ3v) is 7.32. The molecule has 13 heteroatoms. The van der Waals surface area contributed by atoms with E-state index in [1.54, 1.807) is 30.3 Å². The van der Waals surface area contributed by atoms with E-state index in [1.165, 1.54) is 11.8 Å². The van der Waals surface area contributed by atoms with E-state index >= 15 is 0 Å². The molecule has 1 aromatic carbocycles. The Morgan fingerprint density at radius 1 is 1.08 bits per heavy atom. The Labute approximate surface area is 161 Å². The van der Waals surface area contributed by atoms with E-state index in [1.807, 2.05) is 6.92 Å². The Morgan fingerprint density at radius 3 is 2.54 bits per heavy atom. The Hall–Kier alpha value is -2.09. The van der Waals surface area contributed by atoms with Crippen molar-refractivity contribution >= 4 is 60.6 Å². The first-order chi connectivity index (χ1) is 12.5. The molecule has 9 nitrogen and oxygen atoms in total. The van der Waals surface area contributed by atoms with Gasteiger partial charge in [0.25, 0.3) is 20.3 Å². The van der Waals surface area contributed by atoms with E-state index in [0.29, 0.717) is 9.90 Å². The quantitative estimate of drug-likeness (QED) is 0.434. The van der Waals surface area contributed by atoms with E-state index in [4.69, 9.17) is 0 Å². The molecule has 3 aromatic rings. The molecule has 0 aliphatic rings. The molecule has 1 amide bonds. The molecule has 0 spiro atoms. The number of hydrogen-bond acceptors (Lipinski definition) is 10. The molecule has 26 heavy (non-hydrogen) atoms. The molecule has 2 heterocycles. The normalized spacial score (nSPS) is 11.3. The van der Waals surface area contributed by atoms with Crippen LogP contribution in [0.3, 0.4) is 0 Å². The van der Waals surface area contributed by atoms with Gasteiger partial charge in [0.1, 0.15) is 0 Å². The number of nitrogens with one attached hydrogen (secondary N) is 2. The average molecular weight is 429 g/mol. The number of sulfonamides is 1. The maximum absolute atomic E-state index is 12.4. The fraction of sp³-hybridized carbons (Fsp3) is 0.154. The average Bonchev–Trinajstić information content (AvgIpc) is 3.26. The van der Waals surface area contributed by atoms with Crippen molar-refractivity contribution in [2.45, 2.75) is 15.6 Å². The zero-order chi connectivity index (χ0) is 18.6. The summed E-state index contributed by atoms with van der Waals surface area (Å²) in [5.74, 6) is 0.409. The topological polar surface area (TPSA) is 127 Å². The van der Waals surface area contributed by atoms with Crippen LogP contribution in [-0.4, -0.2) is 40.5 Å². The number of anilines is 2. The fourth-order valence-corrected chi connectivity index (χ4v) is 5.49. The largest absolute Gasteiger partial charge is 0.296 e. The van der Waals surface area contributed by atoms with Crippen LogP contribution in [0.4, 0.5) is 10.3 Å². The van der Waals surface area contributed by atoms with Gasteiger partial charge < -0.3 is 0 Å². The van der Waals surface area contributed by atoms with Crippen molar-refractivity contribution in [1.82, 2.24) is 20.4 Å². The molecule has 0 bridgehead atoms. The van der Waals surface area contributed by atoms with Gasteiger partial charge in [-0.15, -0.1) is 20.4 Å². The predicted octanol–water partition coefficient (Wildman–Crippen LogP) is 2.55. The number of nitrogens with zero attached hydrogens (tertiary/aromatic N) is 4. The highest BCUT2D eigenvalue weighted by atomic mass is 32.2. The van der Waals surface area contributed by atoms with Crippen LogP contribution in [0.2, 0.25) is 0 Å². The summed E-state index contributed by atoms with van der Waals surface area (Å²) in [7, 11) is -3.95. The Kier molecular flexibility index (Phi) is 5.80. The van der Waals surface area contributed by atoms with Crippen LogP contribution >= 0.6 is 34.4 Å². The summed E-state index contributed by atoms with van der Waals surface area (Å²) >= 11 is 3.34. The van der Waals surface area contributed by atoms with Crippen molar-refractivity contribution in [3.63, 3.8) is 0 Å². The van der Waals surface area contributed by atoms with Crippen LogP contribution in [0.1, 0.15) is 17.3 Å². The SMILES string of the molecule is CCSc1nnc(NS(=O)(=O)c2nnc(NC(=O)c3ccccc3)s2)s1. The first-order valence-corrected chi connectivity index (χ1v) is 11.3. The zero-order valence-electron chi connectivity index (χ0n) is 13.2. The van der Waals surface area contributed by atoms with E-state index < -0.39 is 15.9 Å². The summed E-state index contributed by atoms with van der Waals surface area (Å²) in [5, 5.41) is 17.7. The third kappa shape index (κ3) is 4.55. The first-order valence-electron chi connectivity index (χ1n) is 7.17. The number of rotatable bonds is 7. The molecule has 0 saturated heterocycles. The number of carbonyl (C=O) groups excluding carboxylic acids is 1. The van der Waals surface area contributed by atoms with Crippen molar-refractivity contribution in [1.29, 1.82) is 0 Å². The van der Waals surface area contributed by atoms with Gasteiger partial charge in [0.05, 0.1) is 0 Å². The minimum absolute atomic E-state index is 0.0821. The highest BCUT2D eigenvalue weighted by molar-refractivity contribution is 8.01. The summed E-state index contributed by atoms with van der Waals surface area (Å²) in [6.07, 6.45) is 0. The smallest absolute Gasteiger partial charge is 0.293 e. The highest BCUT2D eigenvalue weighted by Crippen LogP contribution is 2.28. The molecule has 0 radical (unpaired) electrons. The minimum Gasteiger partial charge on any atom is -0.296 e. The van der Waals surface area contributed by atoms with Gasteiger partial charge in [-0.2, -0.15) is 8.42 Å². The minimum atomic E-state index is -3.95. The van der Waals surface area contributed by atoms with Crippen LogP contribution in [0.5, 0.6) is 0 Å². The molecule has 0 saturated carbocycles. The van der Waals surface area contributed by atoms with E-state index in [-0.39, 0.29) is 14.6 Å². The van der Waals surface area contributed by atoms with Crippen LogP contribution in [0.25, 0.3) is 0 Å². The fourth-order valence-electron chi connectivity index (χ4n) is 1.72. The first kappa shape index (κ1) is 18.7. The Balaban J connectivity index is 1.70. The summed E-state index contributed by atoms with van der Waals surface area (Å²) in [6, 6.07) is 8.51. The molecule has 0 unspecified atom stereocenters. The van der Waals surface area contributed by atoms with Gasteiger partial charge in [0.2, 0.25) is 10.3 Å². The molecule has 2 aromatic heterocycles. The predicted molar refractivity (Wildman–Crippen MR) is 101 cm³/mol. The van der Waals surface area contributed by atoms with Gasteiger partial charge >= 0.3 is 0 Å². The summed E-state index contributed by atoms with van der Waals surface area (Å²) in [6.45, 7) is 1.96. The lowest BCUT2D eigenvalue weighted by Gasteiger charge is -2.00. The van der Waals surface area contributed by atoms with Crippen LogP contribution < -0.4 is 10.0 Å². The zero-order valence-corrected chi connectivity index (χ0v) is 16.5. The van der Waals surface area contributed by atoms with Crippen molar-refractivity contribution in [2.75, 3.05) is 15.8 Å². The maximum atomic E-state index is 12.4. The van der Waals surface area contributed by atoms with Gasteiger partial charge in [0, 0.05) is 5.56 Å². The van der Waals surface area contributed by atoms with Crippen LogP contribution in [0, 0.1) is 0 Å². The lowest BCUT2D eigenvalue weighted by molar-refractivity contribution is 0.102. The molecule has 0 aliphatic heterocycles. The maximum Gasteiger partial charge on any atom is 0.293 e. The molecule has 136 valence electrons. The van der Waals surface area contributed by atoms with Crippen molar-refractivity contribution in [3.05, 3.63) is 35.9 Å². The molecule has 2 N–H and O–H groups in total. The molecular weight excluding hydrogens is 416 g/mol. The van der Waals surface area contributed by atoms with Crippen molar-refractivity contribution in [3.8, 4) is 0 Å². The highest BCUT2D eigenvalue weighted by Gasteiger charge is 2.23. The van der Waals surface area contributed by atoms with Crippen molar-refractivity contribution < 1.29 is 13.2 Å². The second-order valence-corrected chi connectivity index (χ2v) is 9.93. The Morgan fingerprint density at radius 2 is 1.81 bits per heavy atom. The Bertz CT molecular complexity index is 1000. The molecule has 0 atom stereocenters. The van der Waals surface area contributed by atoms with E-state index in [2.05, 4.69) is 30.4 Å². The molecule has 0 fully saturated rings. The van der Waals surface area contributed by atoms with Gasteiger partial charge in [-0.3, -0.25) is 14.8 Å². The van der Waals surface area contributed by atoms with Gasteiger partial charge in [-0.25, -0.2) is 0 Å². The standard InChI is InChI=1S/C13H12N6O3S4/c1-2-23-12-17-16-11(24-12)19-26(21,22)13-18-15-10(25-13)14-9(20)8-6-4-3-5-7-8/h3-7H,2H2,1H3,(H,16,19)(H,14,15,20). The van der Waals surface area contributed by atoms with Gasteiger partial charge in [0.15, 0.2) is 4.34 Å². The third-order valence-electron chi connectivity index (χ3n) is 2.79. The number of amides is 1. The molecule has 0 aliphatic carbocycles. The van der Waals surface area contributed by atoms with Gasteiger partial charge in [-0.1, -0.05) is 59.6 Å². The molecular formula is C13H12N6O3S4. The second kappa shape index (κ2) is 8.07. The number of hydrogen-bond donors (Lipinski definition) is 2. The lowest BCUT2D eigenvalue weighted by Crippen LogP contribution is -2.12. The van der Waals surface area contributed by atoms with Crippen LogP contribution in [0.15, 0.2) is 39.0 Å². The lowest BCUT2D eigenvalue weighted by atomic mass is 10.2. The summed E-state index contributed by atoms with van der Waals surface area (Å²) in [5.41, 5.74) is 0.431. The number of aromatic nitrogens is 4. The number of carbonyl (C=O) groups is 1. The number of thioether (sulfide) groups is 1. The monoisotopic (exact) mass is 428 g/mol. The van der Waals surface area contributed by atoms with Crippen LogP contribution in [-0.2, 0) is 10.0 Å². The van der Waals surface area contributed by atoms with Gasteiger partial charge in [-0.05, 0) is 17.9 Å². The molecule has 3 rings (SSSR count).